The van der Waals surface area contributed by atoms with Gasteiger partial charge in [-0.25, -0.2) is 14.8 Å². The van der Waals surface area contributed by atoms with Crippen LogP contribution in [0.1, 0.15) is 26.8 Å². The van der Waals surface area contributed by atoms with E-state index in [9.17, 15) is 4.79 Å². The molecule has 2 aromatic heterocycles. The zero-order chi connectivity index (χ0) is 20.9. The molecule has 1 saturated heterocycles. The number of rotatable bonds is 2. The Morgan fingerprint density at radius 1 is 1.03 bits per heavy atom. The SMILES string of the molecule is CC(C)(C)OC(=O)N1CC(n2cnc3c(-c4ccc5ccccc5c4)ccnc32)C1. The third-order valence-corrected chi connectivity index (χ3v) is 5.43. The molecule has 1 aliphatic rings. The van der Waals surface area contributed by atoms with Gasteiger partial charge in [-0.15, -0.1) is 0 Å². The molecule has 6 heteroatoms. The molecule has 3 heterocycles. The third kappa shape index (κ3) is 3.28. The molecule has 0 N–H and O–H groups in total. The number of hydrogen-bond donors (Lipinski definition) is 0. The van der Waals surface area contributed by atoms with Gasteiger partial charge in [0.25, 0.3) is 0 Å². The van der Waals surface area contributed by atoms with Crippen LogP contribution in [0.2, 0.25) is 0 Å². The average Bonchev–Trinajstić information content (AvgIpc) is 3.09. The molecule has 0 radical (unpaired) electrons. The number of ether oxygens (including phenoxy) is 1. The smallest absolute Gasteiger partial charge is 0.410 e. The largest absolute Gasteiger partial charge is 0.444 e. The van der Waals surface area contributed by atoms with Crippen LogP contribution in [0.4, 0.5) is 4.79 Å². The molecule has 0 bridgehead atoms. The quantitative estimate of drug-likeness (QED) is 0.473. The van der Waals surface area contributed by atoms with Crippen molar-refractivity contribution in [2.24, 2.45) is 0 Å². The van der Waals surface area contributed by atoms with Gasteiger partial charge in [-0.3, -0.25) is 0 Å². The number of likely N-dealkylation sites (tertiary alicyclic amines) is 1. The van der Waals surface area contributed by atoms with Crippen LogP contribution in [0.5, 0.6) is 0 Å². The van der Waals surface area contributed by atoms with Crippen molar-refractivity contribution >= 4 is 28.0 Å². The number of imidazole rings is 1. The number of aromatic nitrogens is 3. The maximum atomic E-state index is 12.2. The van der Waals surface area contributed by atoms with E-state index in [1.165, 1.54) is 10.8 Å². The van der Waals surface area contributed by atoms with E-state index in [-0.39, 0.29) is 12.1 Å². The lowest BCUT2D eigenvalue weighted by Gasteiger charge is -2.40. The second-order valence-corrected chi connectivity index (χ2v) is 8.78. The van der Waals surface area contributed by atoms with Gasteiger partial charge in [0.05, 0.1) is 12.4 Å². The first-order chi connectivity index (χ1) is 14.4. The van der Waals surface area contributed by atoms with Gasteiger partial charge in [-0.2, -0.15) is 0 Å². The molecule has 0 atom stereocenters. The Kier molecular flexibility index (Phi) is 4.24. The topological polar surface area (TPSA) is 60.2 Å². The Morgan fingerprint density at radius 2 is 1.80 bits per heavy atom. The Bertz CT molecular complexity index is 1250. The Labute approximate surface area is 175 Å². The normalized spacial score (nSPS) is 14.8. The molecule has 1 fully saturated rings. The van der Waals surface area contributed by atoms with Crippen LogP contribution < -0.4 is 0 Å². The maximum absolute atomic E-state index is 12.2. The lowest BCUT2D eigenvalue weighted by molar-refractivity contribution is 0.00145. The van der Waals surface area contributed by atoms with Gasteiger partial charge in [0, 0.05) is 24.8 Å². The highest BCUT2D eigenvalue weighted by atomic mass is 16.6. The molecular weight excluding hydrogens is 376 g/mol. The number of carbonyl (C=O) groups is 1. The van der Waals surface area contributed by atoms with Crippen LogP contribution in [0.3, 0.4) is 0 Å². The Balaban J connectivity index is 1.42. The number of benzene rings is 2. The average molecular weight is 400 g/mol. The number of nitrogens with zero attached hydrogens (tertiary/aromatic N) is 4. The van der Waals surface area contributed by atoms with E-state index >= 15 is 0 Å². The van der Waals surface area contributed by atoms with E-state index in [4.69, 9.17) is 4.74 Å². The van der Waals surface area contributed by atoms with Crippen molar-refractivity contribution in [3.05, 3.63) is 61.1 Å². The van der Waals surface area contributed by atoms with Crippen molar-refractivity contribution in [2.75, 3.05) is 13.1 Å². The monoisotopic (exact) mass is 400 g/mol. The van der Waals surface area contributed by atoms with Crippen molar-refractivity contribution < 1.29 is 9.53 Å². The van der Waals surface area contributed by atoms with E-state index in [1.807, 2.05) is 45.4 Å². The van der Waals surface area contributed by atoms with Crippen molar-refractivity contribution in [1.29, 1.82) is 0 Å². The highest BCUT2D eigenvalue weighted by molar-refractivity contribution is 5.94. The summed E-state index contributed by atoms with van der Waals surface area (Å²) in [6.45, 7) is 6.84. The minimum absolute atomic E-state index is 0.155. The Morgan fingerprint density at radius 3 is 2.57 bits per heavy atom. The summed E-state index contributed by atoms with van der Waals surface area (Å²) in [7, 11) is 0. The zero-order valence-corrected chi connectivity index (χ0v) is 17.4. The number of fused-ring (bicyclic) bond motifs is 2. The molecule has 5 rings (SSSR count). The number of amides is 1. The van der Waals surface area contributed by atoms with Crippen molar-refractivity contribution in [1.82, 2.24) is 19.4 Å². The predicted molar refractivity (Wildman–Crippen MR) is 117 cm³/mol. The van der Waals surface area contributed by atoms with Gasteiger partial charge in [-0.05, 0) is 49.2 Å². The minimum atomic E-state index is -0.486. The molecule has 30 heavy (non-hydrogen) atoms. The highest BCUT2D eigenvalue weighted by Gasteiger charge is 2.35. The van der Waals surface area contributed by atoms with Crippen LogP contribution in [0.25, 0.3) is 33.1 Å². The number of carbonyl (C=O) groups excluding carboxylic acids is 1. The fourth-order valence-corrected chi connectivity index (χ4v) is 3.90. The summed E-state index contributed by atoms with van der Waals surface area (Å²) in [6, 6.07) is 17.0. The fraction of sp³-hybridized carbons (Fsp3) is 0.292. The molecule has 0 aliphatic carbocycles. The van der Waals surface area contributed by atoms with Crippen LogP contribution in [-0.4, -0.2) is 44.2 Å². The lowest BCUT2D eigenvalue weighted by atomic mass is 10.0. The summed E-state index contributed by atoms with van der Waals surface area (Å²) in [5.41, 5.74) is 3.42. The molecule has 6 nitrogen and oxygen atoms in total. The van der Waals surface area contributed by atoms with Crippen LogP contribution >= 0.6 is 0 Å². The van der Waals surface area contributed by atoms with E-state index in [1.54, 1.807) is 4.90 Å². The fourth-order valence-electron chi connectivity index (χ4n) is 3.90. The molecule has 4 aromatic rings. The van der Waals surface area contributed by atoms with Crippen molar-refractivity contribution in [3.8, 4) is 11.1 Å². The molecule has 0 unspecified atom stereocenters. The molecule has 2 aromatic carbocycles. The van der Waals surface area contributed by atoms with Crippen LogP contribution in [0, 0.1) is 0 Å². The molecular formula is C24H24N4O2. The summed E-state index contributed by atoms with van der Waals surface area (Å²) in [5.74, 6) is 0. The molecule has 0 spiro atoms. The highest BCUT2D eigenvalue weighted by Crippen LogP contribution is 2.32. The van der Waals surface area contributed by atoms with E-state index in [0.717, 1.165) is 22.3 Å². The maximum Gasteiger partial charge on any atom is 0.410 e. The molecule has 0 saturated carbocycles. The van der Waals surface area contributed by atoms with Crippen LogP contribution in [-0.2, 0) is 4.74 Å². The second-order valence-electron chi connectivity index (χ2n) is 8.78. The van der Waals surface area contributed by atoms with Gasteiger partial charge in [0.1, 0.15) is 11.1 Å². The first-order valence-electron chi connectivity index (χ1n) is 10.2. The van der Waals surface area contributed by atoms with Crippen molar-refractivity contribution in [3.63, 3.8) is 0 Å². The van der Waals surface area contributed by atoms with Gasteiger partial charge >= 0.3 is 6.09 Å². The summed E-state index contributed by atoms with van der Waals surface area (Å²) in [5, 5.41) is 2.42. The lowest BCUT2D eigenvalue weighted by Crippen LogP contribution is -2.52. The summed E-state index contributed by atoms with van der Waals surface area (Å²) >= 11 is 0. The first kappa shape index (κ1) is 18.6. The summed E-state index contributed by atoms with van der Waals surface area (Å²) < 4.78 is 7.52. The molecule has 152 valence electrons. The summed E-state index contributed by atoms with van der Waals surface area (Å²) in [4.78, 5) is 23.2. The Hall–Kier alpha value is -3.41. The second kappa shape index (κ2) is 6.83. The first-order valence-corrected chi connectivity index (χ1v) is 10.2. The zero-order valence-electron chi connectivity index (χ0n) is 17.4. The van der Waals surface area contributed by atoms with Gasteiger partial charge < -0.3 is 14.2 Å². The van der Waals surface area contributed by atoms with E-state index < -0.39 is 5.60 Å². The van der Waals surface area contributed by atoms with Gasteiger partial charge in [-0.1, -0.05) is 36.4 Å². The minimum Gasteiger partial charge on any atom is -0.444 e. The standard InChI is InChI=1S/C24H24N4O2/c1-24(2,3)30-23(29)27-13-19(14-27)28-15-26-21-20(10-11-25-22(21)28)18-9-8-16-6-4-5-7-17(16)12-18/h4-12,15,19H,13-14H2,1-3H3. The third-order valence-electron chi connectivity index (χ3n) is 5.43. The number of pyridine rings is 1. The van der Waals surface area contributed by atoms with Crippen LogP contribution in [0.15, 0.2) is 61.1 Å². The van der Waals surface area contributed by atoms with Gasteiger partial charge in [0.2, 0.25) is 0 Å². The van der Waals surface area contributed by atoms with Gasteiger partial charge in [0.15, 0.2) is 5.65 Å². The predicted octanol–water partition coefficient (Wildman–Crippen LogP) is 5.04. The van der Waals surface area contributed by atoms with E-state index in [2.05, 4.69) is 50.9 Å². The molecule has 1 aliphatic heterocycles. The summed E-state index contributed by atoms with van der Waals surface area (Å²) in [6.07, 6.45) is 3.39. The van der Waals surface area contributed by atoms with Crippen molar-refractivity contribution in [2.45, 2.75) is 32.4 Å². The van der Waals surface area contributed by atoms with E-state index in [0.29, 0.717) is 13.1 Å². The molecule has 1 amide bonds. The number of hydrogen-bond acceptors (Lipinski definition) is 4.